The van der Waals surface area contributed by atoms with Gasteiger partial charge in [-0.15, -0.1) is 0 Å². The van der Waals surface area contributed by atoms with E-state index in [2.05, 4.69) is 4.99 Å². The van der Waals surface area contributed by atoms with E-state index in [1.165, 1.54) is 12.1 Å². The Labute approximate surface area is 148 Å². The van der Waals surface area contributed by atoms with Crippen molar-refractivity contribution >= 4 is 17.8 Å². The Morgan fingerprint density at radius 3 is 2.60 bits per heavy atom. The van der Waals surface area contributed by atoms with Gasteiger partial charge in [-0.25, -0.2) is 4.39 Å². The van der Waals surface area contributed by atoms with Crippen LogP contribution in [0.25, 0.3) is 0 Å². The first kappa shape index (κ1) is 18.6. The van der Waals surface area contributed by atoms with Crippen molar-refractivity contribution < 1.29 is 9.18 Å². The Hall–Kier alpha value is -2.69. The Kier molecular flexibility index (Phi) is 6.69. The zero-order valence-corrected chi connectivity index (χ0v) is 14.7. The van der Waals surface area contributed by atoms with Crippen LogP contribution in [0.1, 0.15) is 20.3 Å². The summed E-state index contributed by atoms with van der Waals surface area (Å²) >= 11 is 0. The van der Waals surface area contributed by atoms with Crippen LogP contribution in [-0.2, 0) is 4.79 Å². The molecule has 5 heteroatoms. The summed E-state index contributed by atoms with van der Waals surface area (Å²) in [7, 11) is 0. The lowest BCUT2D eigenvalue weighted by atomic mass is 9.94. The topological polar surface area (TPSA) is 58.7 Å². The predicted octanol–water partition coefficient (Wildman–Crippen LogP) is 3.61. The maximum absolute atomic E-state index is 13.2. The number of hydrogen-bond donors (Lipinski definition) is 1. The first-order chi connectivity index (χ1) is 12.1. The van der Waals surface area contributed by atoms with Crippen LogP contribution in [0.5, 0.6) is 0 Å². The molecule has 1 aromatic rings. The number of rotatable bonds is 6. The Balaban J connectivity index is 2.39. The molecule has 0 aromatic heterocycles. The lowest BCUT2D eigenvalue weighted by molar-refractivity contribution is -0.114. The number of nitrogens with zero attached hydrogens (tertiary/aromatic N) is 2. The van der Waals surface area contributed by atoms with Crippen molar-refractivity contribution in [2.24, 2.45) is 16.6 Å². The molecular weight excluding hydrogens is 317 g/mol. The van der Waals surface area contributed by atoms with Crippen LogP contribution >= 0.6 is 0 Å². The molecule has 0 saturated carbocycles. The van der Waals surface area contributed by atoms with Crippen LogP contribution in [0.2, 0.25) is 0 Å². The van der Waals surface area contributed by atoms with E-state index in [1.54, 1.807) is 23.2 Å². The number of allylic oxidation sites excluding steroid dienone is 4. The van der Waals surface area contributed by atoms with E-state index in [0.29, 0.717) is 30.0 Å². The number of nitrogens with two attached hydrogens (primary N) is 1. The predicted molar refractivity (Wildman–Crippen MR) is 101 cm³/mol. The molecule has 0 saturated heterocycles. The number of likely N-dealkylation sites (N-methyl/N-ethyl adjacent to an activating group) is 1. The Bertz CT molecular complexity index is 717. The highest BCUT2D eigenvalue weighted by Gasteiger charge is 2.23. The number of hydrogen-bond acceptors (Lipinski definition) is 3. The average Bonchev–Trinajstić information content (AvgIpc) is 2.64. The summed E-state index contributed by atoms with van der Waals surface area (Å²) in [4.78, 5) is 18.9. The van der Waals surface area contributed by atoms with Crippen molar-refractivity contribution in [2.45, 2.75) is 20.3 Å². The van der Waals surface area contributed by atoms with Gasteiger partial charge in [0.05, 0.1) is 5.57 Å². The minimum atomic E-state index is -0.339. The van der Waals surface area contributed by atoms with Gasteiger partial charge >= 0.3 is 0 Å². The van der Waals surface area contributed by atoms with Crippen molar-refractivity contribution in [1.82, 2.24) is 0 Å². The molecule has 0 spiro atoms. The minimum absolute atomic E-state index is 0.0285. The highest BCUT2D eigenvalue weighted by atomic mass is 19.1. The Morgan fingerprint density at radius 1 is 1.32 bits per heavy atom. The fourth-order valence-corrected chi connectivity index (χ4v) is 2.66. The van der Waals surface area contributed by atoms with Gasteiger partial charge in [-0.2, -0.15) is 0 Å². The summed E-state index contributed by atoms with van der Waals surface area (Å²) in [6.45, 7) is 4.78. The SMILES string of the molecule is CCN=CC(C(=O)N(CC)c1ccc(F)cc1)=C(N)C1C=CC=CC1. The van der Waals surface area contributed by atoms with Gasteiger partial charge in [0.2, 0.25) is 0 Å². The smallest absolute Gasteiger partial charge is 0.261 e. The maximum atomic E-state index is 13.2. The summed E-state index contributed by atoms with van der Waals surface area (Å²) in [6.07, 6.45) is 10.2. The zero-order chi connectivity index (χ0) is 18.2. The van der Waals surface area contributed by atoms with Crippen LogP contribution < -0.4 is 10.6 Å². The van der Waals surface area contributed by atoms with Gasteiger partial charge in [0, 0.05) is 36.6 Å². The minimum Gasteiger partial charge on any atom is -0.401 e. The lowest BCUT2D eigenvalue weighted by Crippen LogP contribution is -2.34. The lowest BCUT2D eigenvalue weighted by Gasteiger charge is -2.24. The number of halogens is 1. The molecule has 0 aliphatic heterocycles. The van der Waals surface area contributed by atoms with Crippen LogP contribution in [0.4, 0.5) is 10.1 Å². The summed E-state index contributed by atoms with van der Waals surface area (Å²) in [5.41, 5.74) is 7.84. The maximum Gasteiger partial charge on any atom is 0.261 e. The van der Waals surface area contributed by atoms with Gasteiger partial charge in [0.25, 0.3) is 5.91 Å². The summed E-state index contributed by atoms with van der Waals surface area (Å²) in [5, 5.41) is 0. The van der Waals surface area contributed by atoms with E-state index in [4.69, 9.17) is 5.73 Å². The second-order valence-corrected chi connectivity index (χ2v) is 5.68. The average molecular weight is 341 g/mol. The molecule has 0 heterocycles. The second-order valence-electron chi connectivity index (χ2n) is 5.68. The van der Waals surface area contributed by atoms with Crippen molar-refractivity contribution in [1.29, 1.82) is 0 Å². The van der Waals surface area contributed by atoms with Gasteiger partial charge in [-0.1, -0.05) is 24.3 Å². The van der Waals surface area contributed by atoms with Gasteiger partial charge in [0.1, 0.15) is 5.82 Å². The van der Waals surface area contributed by atoms with E-state index in [9.17, 15) is 9.18 Å². The van der Waals surface area contributed by atoms with Gasteiger partial charge in [-0.05, 0) is 44.5 Å². The van der Waals surface area contributed by atoms with Crippen LogP contribution in [-0.4, -0.2) is 25.2 Å². The number of carbonyl (C=O) groups is 1. The summed E-state index contributed by atoms with van der Waals surface area (Å²) in [5.74, 6) is -0.597. The molecule has 2 rings (SSSR count). The highest BCUT2D eigenvalue weighted by molar-refractivity contribution is 6.19. The number of benzene rings is 1. The molecule has 25 heavy (non-hydrogen) atoms. The molecule has 0 bridgehead atoms. The fraction of sp³-hybridized carbons (Fsp3) is 0.300. The van der Waals surface area contributed by atoms with E-state index < -0.39 is 0 Å². The fourth-order valence-electron chi connectivity index (χ4n) is 2.66. The van der Waals surface area contributed by atoms with Gasteiger partial charge in [-0.3, -0.25) is 9.79 Å². The third kappa shape index (κ3) is 4.66. The number of anilines is 1. The van der Waals surface area contributed by atoms with Crippen molar-refractivity contribution in [2.75, 3.05) is 18.0 Å². The molecule has 132 valence electrons. The number of amides is 1. The normalized spacial score (nSPS) is 17.6. The zero-order valence-electron chi connectivity index (χ0n) is 14.7. The number of aliphatic imine (C=N–C) groups is 1. The van der Waals surface area contributed by atoms with E-state index >= 15 is 0 Å². The van der Waals surface area contributed by atoms with Crippen molar-refractivity contribution in [3.63, 3.8) is 0 Å². The van der Waals surface area contributed by atoms with Gasteiger partial charge < -0.3 is 10.6 Å². The first-order valence-corrected chi connectivity index (χ1v) is 8.48. The molecule has 0 fully saturated rings. The summed E-state index contributed by atoms with van der Waals surface area (Å²) < 4.78 is 13.2. The second kappa shape index (κ2) is 8.97. The molecule has 0 radical (unpaired) electrons. The molecule has 1 aliphatic rings. The molecule has 1 aromatic carbocycles. The van der Waals surface area contributed by atoms with E-state index in [-0.39, 0.29) is 17.6 Å². The third-order valence-electron chi connectivity index (χ3n) is 4.02. The molecular formula is C20H24FN3O. The molecule has 1 atom stereocenters. The molecule has 4 nitrogen and oxygen atoms in total. The highest BCUT2D eigenvalue weighted by Crippen LogP contribution is 2.23. The molecule has 1 amide bonds. The molecule has 1 aliphatic carbocycles. The first-order valence-electron chi connectivity index (χ1n) is 8.48. The standard InChI is InChI=1S/C20H24FN3O/c1-3-23-14-18(19(22)15-8-6-5-7-9-15)20(25)24(4-2)17-12-10-16(21)11-13-17/h5-8,10-15H,3-4,9,22H2,1-2H3. The van der Waals surface area contributed by atoms with Gasteiger partial charge in [0.15, 0.2) is 0 Å². The summed E-state index contributed by atoms with van der Waals surface area (Å²) in [6, 6.07) is 5.86. The van der Waals surface area contributed by atoms with Crippen LogP contribution in [0.3, 0.4) is 0 Å². The van der Waals surface area contributed by atoms with E-state index in [1.807, 2.05) is 38.2 Å². The van der Waals surface area contributed by atoms with Crippen molar-refractivity contribution in [3.8, 4) is 0 Å². The number of carbonyl (C=O) groups excluding carboxylic acids is 1. The van der Waals surface area contributed by atoms with Crippen LogP contribution in [0.15, 0.2) is 64.8 Å². The molecule has 2 N–H and O–H groups in total. The van der Waals surface area contributed by atoms with Crippen molar-refractivity contribution in [3.05, 3.63) is 65.7 Å². The largest absolute Gasteiger partial charge is 0.401 e. The quantitative estimate of drug-likeness (QED) is 0.635. The Morgan fingerprint density at radius 2 is 2.04 bits per heavy atom. The monoisotopic (exact) mass is 341 g/mol. The third-order valence-corrected chi connectivity index (χ3v) is 4.02. The molecule has 1 unspecified atom stereocenters. The van der Waals surface area contributed by atoms with E-state index in [0.717, 1.165) is 6.42 Å². The van der Waals surface area contributed by atoms with Crippen LogP contribution in [0, 0.1) is 11.7 Å².